The largest absolute Gasteiger partial charge is 0.480 e. The smallest absolute Gasteiger partial charge is 0.320 e. The highest BCUT2D eigenvalue weighted by molar-refractivity contribution is 5.75. The molecule has 3 unspecified atom stereocenters. The minimum absolute atomic E-state index is 0.257. The molecule has 1 heterocycles. The fourth-order valence-electron chi connectivity index (χ4n) is 3.56. The second-order valence-electron chi connectivity index (χ2n) is 5.50. The first-order valence-electron chi connectivity index (χ1n) is 6.86. The van der Waals surface area contributed by atoms with E-state index in [1.165, 1.54) is 19.3 Å². The lowest BCUT2D eigenvalue weighted by Gasteiger charge is -2.47. The number of aliphatic carboxylic acids is 1. The van der Waals surface area contributed by atoms with Gasteiger partial charge in [-0.2, -0.15) is 0 Å². The fourth-order valence-corrected chi connectivity index (χ4v) is 3.56. The summed E-state index contributed by atoms with van der Waals surface area (Å²) in [6.07, 6.45) is 6.65. The number of carbonyl (C=O) groups is 2. The van der Waals surface area contributed by atoms with Crippen LogP contribution in [0.1, 0.15) is 44.9 Å². The quantitative estimate of drug-likeness (QED) is 0.783. The van der Waals surface area contributed by atoms with Gasteiger partial charge in [0.15, 0.2) is 0 Å². The molecule has 1 aliphatic heterocycles. The number of nitrogens with zero attached hydrogens (tertiary/aromatic N) is 1. The molecule has 2 rings (SSSR count). The zero-order valence-corrected chi connectivity index (χ0v) is 10.7. The van der Waals surface area contributed by atoms with Gasteiger partial charge in [0.2, 0.25) is 5.91 Å². The molecule has 0 spiro atoms. The molecule has 0 aromatic carbocycles. The maximum Gasteiger partial charge on any atom is 0.320 e. The van der Waals surface area contributed by atoms with Crippen LogP contribution in [0.2, 0.25) is 0 Å². The van der Waals surface area contributed by atoms with Gasteiger partial charge in [-0.25, -0.2) is 0 Å². The number of primary amides is 1. The standard InChI is InChI=1S/C13H22N2O3/c14-12(16)7-8-15-10-4-2-1-3-9(10)5-6-11(15)13(17)18/h9-11H,1-8H2,(H2,14,16)(H,17,18). The van der Waals surface area contributed by atoms with Crippen molar-refractivity contribution in [2.75, 3.05) is 6.54 Å². The normalized spacial score (nSPS) is 32.8. The summed E-state index contributed by atoms with van der Waals surface area (Å²) in [5.74, 6) is -0.497. The van der Waals surface area contributed by atoms with Crippen molar-refractivity contribution in [2.45, 2.75) is 57.0 Å². The average molecular weight is 254 g/mol. The van der Waals surface area contributed by atoms with E-state index in [1.807, 2.05) is 4.90 Å². The number of likely N-dealkylation sites (tertiary alicyclic amines) is 1. The van der Waals surface area contributed by atoms with E-state index in [0.717, 1.165) is 12.8 Å². The highest BCUT2D eigenvalue weighted by Gasteiger charge is 2.40. The topological polar surface area (TPSA) is 83.6 Å². The number of amides is 1. The second kappa shape index (κ2) is 5.69. The van der Waals surface area contributed by atoms with E-state index in [1.54, 1.807) is 0 Å². The Balaban J connectivity index is 2.08. The molecule has 1 saturated carbocycles. The van der Waals surface area contributed by atoms with Crippen LogP contribution in [0.5, 0.6) is 0 Å². The third-order valence-electron chi connectivity index (χ3n) is 4.41. The summed E-state index contributed by atoms with van der Waals surface area (Å²) in [6, 6.07) is -0.0864. The van der Waals surface area contributed by atoms with Crippen LogP contribution in [0.3, 0.4) is 0 Å². The molecule has 3 atom stereocenters. The van der Waals surface area contributed by atoms with E-state index in [0.29, 0.717) is 24.9 Å². The van der Waals surface area contributed by atoms with Crippen molar-refractivity contribution in [2.24, 2.45) is 11.7 Å². The number of carboxylic acid groups (broad SMARTS) is 1. The summed E-state index contributed by atoms with van der Waals surface area (Å²) in [4.78, 5) is 24.3. The highest BCUT2D eigenvalue weighted by atomic mass is 16.4. The monoisotopic (exact) mass is 254 g/mol. The molecule has 102 valence electrons. The molecule has 2 aliphatic rings. The zero-order valence-electron chi connectivity index (χ0n) is 10.7. The van der Waals surface area contributed by atoms with Gasteiger partial charge < -0.3 is 10.8 Å². The summed E-state index contributed by atoms with van der Waals surface area (Å²) < 4.78 is 0. The predicted molar refractivity (Wildman–Crippen MR) is 66.9 cm³/mol. The van der Waals surface area contributed by atoms with Gasteiger partial charge in [0.1, 0.15) is 6.04 Å². The van der Waals surface area contributed by atoms with Gasteiger partial charge in [0.05, 0.1) is 0 Å². The molecule has 5 nitrogen and oxygen atoms in total. The number of rotatable bonds is 4. The lowest BCUT2D eigenvalue weighted by molar-refractivity contribution is -0.148. The molecule has 0 radical (unpaired) electrons. The van der Waals surface area contributed by atoms with Gasteiger partial charge >= 0.3 is 5.97 Å². The van der Waals surface area contributed by atoms with Crippen LogP contribution < -0.4 is 5.73 Å². The van der Waals surface area contributed by atoms with E-state index in [-0.39, 0.29) is 12.3 Å². The van der Waals surface area contributed by atoms with Crippen molar-refractivity contribution < 1.29 is 14.7 Å². The van der Waals surface area contributed by atoms with Crippen molar-refractivity contribution in [3.63, 3.8) is 0 Å². The summed E-state index contributed by atoms with van der Waals surface area (Å²) >= 11 is 0. The summed E-state index contributed by atoms with van der Waals surface area (Å²) in [5.41, 5.74) is 5.19. The van der Waals surface area contributed by atoms with Crippen molar-refractivity contribution in [3.8, 4) is 0 Å². The number of piperidine rings is 1. The maximum absolute atomic E-state index is 11.3. The van der Waals surface area contributed by atoms with Crippen LogP contribution in [-0.4, -0.2) is 40.5 Å². The van der Waals surface area contributed by atoms with Crippen LogP contribution in [-0.2, 0) is 9.59 Å². The summed E-state index contributed by atoms with van der Waals surface area (Å²) in [6.45, 7) is 0.494. The van der Waals surface area contributed by atoms with Gasteiger partial charge in [-0.05, 0) is 31.6 Å². The van der Waals surface area contributed by atoms with E-state index >= 15 is 0 Å². The molecule has 1 amide bonds. The van der Waals surface area contributed by atoms with E-state index in [9.17, 15) is 14.7 Å². The van der Waals surface area contributed by atoms with Gasteiger partial charge in [0, 0.05) is 19.0 Å². The lowest BCUT2D eigenvalue weighted by Crippen LogP contribution is -2.55. The van der Waals surface area contributed by atoms with E-state index in [2.05, 4.69) is 0 Å². The van der Waals surface area contributed by atoms with Gasteiger partial charge in [0.25, 0.3) is 0 Å². The second-order valence-corrected chi connectivity index (χ2v) is 5.50. The Morgan fingerprint density at radius 3 is 2.56 bits per heavy atom. The molecular formula is C13H22N2O3. The molecule has 1 saturated heterocycles. The lowest BCUT2D eigenvalue weighted by atomic mass is 9.76. The molecule has 0 bridgehead atoms. The van der Waals surface area contributed by atoms with Gasteiger partial charge in [-0.3, -0.25) is 14.5 Å². The first-order chi connectivity index (χ1) is 8.59. The summed E-state index contributed by atoms with van der Waals surface area (Å²) in [5, 5.41) is 9.31. The fraction of sp³-hybridized carbons (Fsp3) is 0.846. The number of hydrogen-bond donors (Lipinski definition) is 2. The molecule has 5 heteroatoms. The minimum atomic E-state index is -0.761. The molecule has 2 fully saturated rings. The Bertz CT molecular complexity index is 332. The molecule has 0 aromatic heterocycles. The van der Waals surface area contributed by atoms with Crippen molar-refractivity contribution >= 4 is 11.9 Å². The zero-order chi connectivity index (χ0) is 13.1. The van der Waals surface area contributed by atoms with Crippen LogP contribution in [0.15, 0.2) is 0 Å². The van der Waals surface area contributed by atoms with Crippen molar-refractivity contribution in [1.82, 2.24) is 4.90 Å². The molecule has 1 aliphatic carbocycles. The Hall–Kier alpha value is -1.10. The van der Waals surface area contributed by atoms with Crippen LogP contribution in [0.4, 0.5) is 0 Å². The predicted octanol–water partition coefficient (Wildman–Crippen LogP) is 0.970. The SMILES string of the molecule is NC(=O)CCN1C(C(=O)O)CCC2CCCCC21. The van der Waals surface area contributed by atoms with Gasteiger partial charge in [-0.1, -0.05) is 12.8 Å². The third-order valence-corrected chi connectivity index (χ3v) is 4.41. The number of fused-ring (bicyclic) bond motifs is 1. The Kier molecular flexibility index (Phi) is 4.22. The molecular weight excluding hydrogens is 232 g/mol. The first-order valence-corrected chi connectivity index (χ1v) is 6.86. The van der Waals surface area contributed by atoms with Gasteiger partial charge in [-0.15, -0.1) is 0 Å². The van der Waals surface area contributed by atoms with Crippen LogP contribution in [0, 0.1) is 5.92 Å². The first kappa shape index (κ1) is 13.3. The van der Waals surface area contributed by atoms with E-state index < -0.39 is 12.0 Å². The maximum atomic E-state index is 11.3. The van der Waals surface area contributed by atoms with Crippen LogP contribution >= 0.6 is 0 Å². The number of nitrogens with two attached hydrogens (primary N) is 1. The van der Waals surface area contributed by atoms with E-state index in [4.69, 9.17) is 5.73 Å². The minimum Gasteiger partial charge on any atom is -0.480 e. The van der Waals surface area contributed by atoms with Crippen LogP contribution in [0.25, 0.3) is 0 Å². The van der Waals surface area contributed by atoms with Crippen molar-refractivity contribution in [3.05, 3.63) is 0 Å². The molecule has 18 heavy (non-hydrogen) atoms. The molecule has 3 N–H and O–H groups in total. The Labute approximate surface area is 107 Å². The average Bonchev–Trinajstić information content (AvgIpc) is 2.35. The highest BCUT2D eigenvalue weighted by Crippen LogP contribution is 2.37. The summed E-state index contributed by atoms with van der Waals surface area (Å²) in [7, 11) is 0. The number of hydrogen-bond acceptors (Lipinski definition) is 3. The number of carbonyl (C=O) groups excluding carboxylic acids is 1. The molecule has 0 aromatic rings. The van der Waals surface area contributed by atoms with Crippen molar-refractivity contribution in [1.29, 1.82) is 0 Å². The Morgan fingerprint density at radius 1 is 1.17 bits per heavy atom. The Morgan fingerprint density at radius 2 is 1.89 bits per heavy atom. The third kappa shape index (κ3) is 2.83. The number of carboxylic acids is 1.